The number of nitrogens with one attached hydrogen (secondary N) is 2. The highest BCUT2D eigenvalue weighted by molar-refractivity contribution is 7.80. The summed E-state index contributed by atoms with van der Waals surface area (Å²) in [6, 6.07) is 11.0. The van der Waals surface area contributed by atoms with Gasteiger partial charge in [-0.05, 0) is 36.0 Å². The van der Waals surface area contributed by atoms with Crippen LogP contribution in [0.1, 0.15) is 11.1 Å². The molecule has 0 aliphatic carbocycles. The molecule has 1 heterocycles. The zero-order valence-electron chi connectivity index (χ0n) is 12.4. The first-order chi connectivity index (χ1) is 11.6. The standard InChI is InChI=1S/C16H13Cl2N3O2S/c17-12-3-1-2-11(15(12)18)8-20-21-16(24)19-7-10-4-5-13-14(6-10)23-9-22-13/h1-6,8H,7,9H2,(H2,19,21,24)/b20-8-. The summed E-state index contributed by atoms with van der Waals surface area (Å²) in [4.78, 5) is 0. The summed E-state index contributed by atoms with van der Waals surface area (Å²) in [6.07, 6.45) is 1.56. The molecule has 0 fully saturated rings. The molecule has 0 bridgehead atoms. The topological polar surface area (TPSA) is 54.9 Å². The molecule has 0 saturated heterocycles. The predicted molar refractivity (Wildman–Crippen MR) is 99.2 cm³/mol. The molecule has 1 aliphatic rings. The van der Waals surface area contributed by atoms with Crippen LogP contribution >= 0.6 is 35.4 Å². The molecule has 2 N–H and O–H groups in total. The Labute approximate surface area is 154 Å². The third-order valence-corrected chi connectivity index (χ3v) is 4.31. The first-order valence-electron chi connectivity index (χ1n) is 7.03. The molecule has 5 nitrogen and oxygen atoms in total. The average molecular weight is 382 g/mol. The van der Waals surface area contributed by atoms with Crippen molar-refractivity contribution in [2.24, 2.45) is 5.10 Å². The largest absolute Gasteiger partial charge is 0.454 e. The zero-order chi connectivity index (χ0) is 16.9. The van der Waals surface area contributed by atoms with Crippen LogP contribution in [0.5, 0.6) is 11.5 Å². The minimum absolute atomic E-state index is 0.257. The first-order valence-corrected chi connectivity index (χ1v) is 8.19. The van der Waals surface area contributed by atoms with Crippen LogP contribution < -0.4 is 20.2 Å². The maximum absolute atomic E-state index is 6.07. The molecule has 24 heavy (non-hydrogen) atoms. The molecular weight excluding hydrogens is 369 g/mol. The van der Waals surface area contributed by atoms with Crippen LogP contribution in [0.4, 0.5) is 0 Å². The van der Waals surface area contributed by atoms with Crippen molar-refractivity contribution in [2.75, 3.05) is 6.79 Å². The molecule has 124 valence electrons. The fraction of sp³-hybridized carbons (Fsp3) is 0.125. The molecule has 0 saturated carbocycles. The SMILES string of the molecule is S=C(NCc1ccc2c(c1)OCO2)N/N=C\c1cccc(Cl)c1Cl. The maximum Gasteiger partial charge on any atom is 0.231 e. The minimum atomic E-state index is 0.257. The van der Waals surface area contributed by atoms with Crippen LogP contribution in [-0.4, -0.2) is 18.1 Å². The van der Waals surface area contributed by atoms with E-state index in [4.69, 9.17) is 44.9 Å². The number of thiocarbonyl (C=S) groups is 1. The Morgan fingerprint density at radius 3 is 2.92 bits per heavy atom. The van der Waals surface area contributed by atoms with Gasteiger partial charge in [-0.25, -0.2) is 0 Å². The molecule has 2 aromatic rings. The lowest BCUT2D eigenvalue weighted by Gasteiger charge is -2.08. The smallest absolute Gasteiger partial charge is 0.231 e. The summed E-state index contributed by atoms with van der Waals surface area (Å²) < 4.78 is 10.6. The van der Waals surface area contributed by atoms with Crippen LogP contribution in [0.25, 0.3) is 0 Å². The molecule has 0 atom stereocenters. The van der Waals surface area contributed by atoms with Gasteiger partial charge in [0.1, 0.15) is 0 Å². The molecule has 1 aliphatic heterocycles. The Morgan fingerprint density at radius 2 is 2.04 bits per heavy atom. The van der Waals surface area contributed by atoms with E-state index in [2.05, 4.69) is 15.8 Å². The van der Waals surface area contributed by atoms with Crippen molar-refractivity contribution in [3.05, 3.63) is 57.6 Å². The summed E-state index contributed by atoms with van der Waals surface area (Å²) in [5, 5.41) is 8.42. The Kier molecular flexibility index (Phi) is 5.40. The number of rotatable bonds is 4. The number of hydrogen-bond donors (Lipinski definition) is 2. The van der Waals surface area contributed by atoms with Crippen LogP contribution in [0.3, 0.4) is 0 Å². The monoisotopic (exact) mass is 381 g/mol. The van der Waals surface area contributed by atoms with E-state index in [0.29, 0.717) is 27.3 Å². The second-order valence-electron chi connectivity index (χ2n) is 4.88. The van der Waals surface area contributed by atoms with E-state index in [9.17, 15) is 0 Å². The number of halogens is 2. The summed E-state index contributed by atoms with van der Waals surface area (Å²) >= 11 is 17.2. The van der Waals surface area contributed by atoms with Gasteiger partial charge in [-0.15, -0.1) is 0 Å². The van der Waals surface area contributed by atoms with Gasteiger partial charge in [0.25, 0.3) is 0 Å². The van der Waals surface area contributed by atoms with Gasteiger partial charge in [0.15, 0.2) is 16.6 Å². The third-order valence-electron chi connectivity index (χ3n) is 3.24. The van der Waals surface area contributed by atoms with Gasteiger partial charge in [0, 0.05) is 12.1 Å². The summed E-state index contributed by atoms with van der Waals surface area (Å²) in [5.41, 5.74) is 4.46. The molecular formula is C16H13Cl2N3O2S. The number of benzene rings is 2. The second kappa shape index (κ2) is 7.70. The fourth-order valence-corrected chi connectivity index (χ4v) is 2.53. The van der Waals surface area contributed by atoms with Crippen molar-refractivity contribution in [2.45, 2.75) is 6.54 Å². The van der Waals surface area contributed by atoms with Crippen LogP contribution in [0, 0.1) is 0 Å². The summed E-state index contributed by atoms with van der Waals surface area (Å²) in [5.74, 6) is 1.49. The van der Waals surface area contributed by atoms with Gasteiger partial charge in [-0.3, -0.25) is 5.43 Å². The molecule has 3 rings (SSSR count). The number of hydrogen-bond acceptors (Lipinski definition) is 4. The molecule has 0 spiro atoms. The average Bonchev–Trinajstić information content (AvgIpc) is 3.04. The lowest BCUT2D eigenvalue weighted by atomic mass is 10.2. The Bertz CT molecular complexity index is 799. The highest BCUT2D eigenvalue weighted by Gasteiger charge is 2.12. The molecule has 0 aromatic heterocycles. The number of fused-ring (bicyclic) bond motifs is 1. The Balaban J connectivity index is 1.51. The minimum Gasteiger partial charge on any atom is -0.454 e. The van der Waals surface area contributed by atoms with E-state index in [1.54, 1.807) is 18.3 Å². The van der Waals surface area contributed by atoms with E-state index >= 15 is 0 Å². The van der Waals surface area contributed by atoms with Crippen LogP contribution in [0.2, 0.25) is 10.0 Å². The lowest BCUT2D eigenvalue weighted by Crippen LogP contribution is -2.31. The summed E-state index contributed by atoms with van der Waals surface area (Å²) in [7, 11) is 0. The van der Waals surface area contributed by atoms with Crippen LogP contribution in [0.15, 0.2) is 41.5 Å². The number of nitrogens with zero attached hydrogens (tertiary/aromatic N) is 1. The highest BCUT2D eigenvalue weighted by atomic mass is 35.5. The molecule has 8 heteroatoms. The fourth-order valence-electron chi connectivity index (χ4n) is 2.05. The van der Waals surface area contributed by atoms with E-state index in [0.717, 1.165) is 17.1 Å². The van der Waals surface area contributed by atoms with Crippen molar-refractivity contribution in [3.63, 3.8) is 0 Å². The molecule has 0 radical (unpaired) electrons. The van der Waals surface area contributed by atoms with E-state index in [-0.39, 0.29) is 6.79 Å². The molecule has 0 unspecified atom stereocenters. The van der Waals surface area contributed by atoms with Gasteiger partial charge in [-0.2, -0.15) is 5.10 Å². The molecule has 0 amide bonds. The Morgan fingerprint density at radius 1 is 1.21 bits per heavy atom. The zero-order valence-corrected chi connectivity index (χ0v) is 14.7. The van der Waals surface area contributed by atoms with Gasteiger partial charge < -0.3 is 14.8 Å². The van der Waals surface area contributed by atoms with Crippen molar-refractivity contribution >= 4 is 46.7 Å². The van der Waals surface area contributed by atoms with Gasteiger partial charge in [-0.1, -0.05) is 41.4 Å². The highest BCUT2D eigenvalue weighted by Crippen LogP contribution is 2.32. The van der Waals surface area contributed by atoms with E-state index in [1.807, 2.05) is 24.3 Å². The van der Waals surface area contributed by atoms with E-state index < -0.39 is 0 Å². The van der Waals surface area contributed by atoms with Crippen LogP contribution in [-0.2, 0) is 6.54 Å². The Hall–Kier alpha value is -2.02. The second-order valence-corrected chi connectivity index (χ2v) is 6.08. The van der Waals surface area contributed by atoms with Crippen molar-refractivity contribution in [1.29, 1.82) is 0 Å². The van der Waals surface area contributed by atoms with Gasteiger partial charge in [0.05, 0.1) is 16.3 Å². The summed E-state index contributed by atoms with van der Waals surface area (Å²) in [6.45, 7) is 0.795. The maximum atomic E-state index is 6.07. The van der Waals surface area contributed by atoms with Crippen molar-refractivity contribution < 1.29 is 9.47 Å². The number of ether oxygens (including phenoxy) is 2. The third kappa shape index (κ3) is 4.08. The first kappa shape index (κ1) is 16.8. The quantitative estimate of drug-likeness (QED) is 0.480. The lowest BCUT2D eigenvalue weighted by molar-refractivity contribution is 0.174. The van der Waals surface area contributed by atoms with Gasteiger partial charge >= 0.3 is 0 Å². The number of hydrazone groups is 1. The van der Waals surface area contributed by atoms with Crippen molar-refractivity contribution in [3.8, 4) is 11.5 Å². The normalized spacial score (nSPS) is 12.4. The van der Waals surface area contributed by atoms with E-state index in [1.165, 1.54) is 0 Å². The van der Waals surface area contributed by atoms with Gasteiger partial charge in [0.2, 0.25) is 6.79 Å². The molecule has 2 aromatic carbocycles. The van der Waals surface area contributed by atoms with Crippen molar-refractivity contribution in [1.82, 2.24) is 10.7 Å². The predicted octanol–water partition coefficient (Wildman–Crippen LogP) is 3.72.